The van der Waals surface area contributed by atoms with E-state index in [-0.39, 0.29) is 17.8 Å². The van der Waals surface area contributed by atoms with Crippen LogP contribution in [0, 0.1) is 11.3 Å². The predicted molar refractivity (Wildman–Crippen MR) is 64.6 cm³/mol. The SMILES string of the molecule is N#Cc1ccc(-n2ccc(CC(=O)O)n2)cc1C(F)(F)F. The van der Waals surface area contributed by atoms with Crippen LogP contribution in [0.25, 0.3) is 5.69 Å². The summed E-state index contributed by atoms with van der Waals surface area (Å²) in [5, 5.41) is 21.2. The summed E-state index contributed by atoms with van der Waals surface area (Å²) in [5.41, 5.74) is -1.22. The highest BCUT2D eigenvalue weighted by Crippen LogP contribution is 2.33. The Morgan fingerprint density at radius 3 is 2.67 bits per heavy atom. The minimum Gasteiger partial charge on any atom is -0.481 e. The highest BCUT2D eigenvalue weighted by atomic mass is 19.4. The molecule has 2 aromatic rings. The van der Waals surface area contributed by atoms with Gasteiger partial charge >= 0.3 is 12.1 Å². The van der Waals surface area contributed by atoms with Crippen molar-refractivity contribution in [1.82, 2.24) is 9.78 Å². The van der Waals surface area contributed by atoms with Gasteiger partial charge in [0.05, 0.1) is 35.0 Å². The Hall–Kier alpha value is -2.82. The van der Waals surface area contributed by atoms with Crippen molar-refractivity contribution >= 4 is 5.97 Å². The van der Waals surface area contributed by atoms with Crippen molar-refractivity contribution in [3.63, 3.8) is 0 Å². The fourth-order valence-corrected chi connectivity index (χ4v) is 1.76. The van der Waals surface area contributed by atoms with Crippen LogP contribution >= 0.6 is 0 Å². The number of halogens is 3. The van der Waals surface area contributed by atoms with Crippen LogP contribution in [0.2, 0.25) is 0 Å². The number of hydrogen-bond donors (Lipinski definition) is 1. The van der Waals surface area contributed by atoms with E-state index >= 15 is 0 Å². The van der Waals surface area contributed by atoms with Gasteiger partial charge in [-0.05, 0) is 24.3 Å². The Balaban J connectivity index is 2.44. The zero-order valence-corrected chi connectivity index (χ0v) is 10.4. The van der Waals surface area contributed by atoms with Crippen LogP contribution in [-0.4, -0.2) is 20.9 Å². The summed E-state index contributed by atoms with van der Waals surface area (Å²) in [4.78, 5) is 10.5. The summed E-state index contributed by atoms with van der Waals surface area (Å²) in [6.45, 7) is 0. The lowest BCUT2D eigenvalue weighted by Gasteiger charge is -2.10. The van der Waals surface area contributed by atoms with E-state index in [2.05, 4.69) is 5.10 Å². The van der Waals surface area contributed by atoms with Gasteiger partial charge in [0.2, 0.25) is 0 Å². The molecule has 0 bridgehead atoms. The van der Waals surface area contributed by atoms with Crippen LogP contribution < -0.4 is 0 Å². The maximum absolute atomic E-state index is 12.8. The first-order valence-corrected chi connectivity index (χ1v) is 5.69. The second-order valence-electron chi connectivity index (χ2n) is 4.16. The summed E-state index contributed by atoms with van der Waals surface area (Å²) in [5.74, 6) is -1.09. The van der Waals surface area contributed by atoms with Crippen LogP contribution in [-0.2, 0) is 17.4 Å². The lowest BCUT2D eigenvalue weighted by molar-refractivity contribution is -0.138. The van der Waals surface area contributed by atoms with Crippen LogP contribution in [0.1, 0.15) is 16.8 Å². The summed E-state index contributed by atoms with van der Waals surface area (Å²) < 4.78 is 39.7. The third-order valence-corrected chi connectivity index (χ3v) is 2.67. The van der Waals surface area contributed by atoms with E-state index < -0.39 is 23.3 Å². The second-order valence-corrected chi connectivity index (χ2v) is 4.16. The van der Waals surface area contributed by atoms with Crippen molar-refractivity contribution in [2.75, 3.05) is 0 Å². The number of carboxylic acid groups (broad SMARTS) is 1. The van der Waals surface area contributed by atoms with Gasteiger partial charge in [-0.1, -0.05) is 0 Å². The Morgan fingerprint density at radius 1 is 1.38 bits per heavy atom. The van der Waals surface area contributed by atoms with Crippen molar-refractivity contribution < 1.29 is 23.1 Å². The Bertz CT molecular complexity index is 729. The van der Waals surface area contributed by atoms with E-state index in [9.17, 15) is 18.0 Å². The molecule has 0 fully saturated rings. The predicted octanol–water partition coefficient (Wildman–Crippen LogP) is 2.39. The molecule has 0 radical (unpaired) electrons. The summed E-state index contributed by atoms with van der Waals surface area (Å²) in [6.07, 6.45) is -3.62. The van der Waals surface area contributed by atoms with Gasteiger partial charge < -0.3 is 5.11 Å². The van der Waals surface area contributed by atoms with E-state index in [1.165, 1.54) is 24.4 Å². The number of nitriles is 1. The minimum absolute atomic E-state index is 0.0953. The number of nitrogens with zero attached hydrogens (tertiary/aromatic N) is 3. The van der Waals surface area contributed by atoms with Crippen molar-refractivity contribution in [2.45, 2.75) is 12.6 Å². The first-order chi connectivity index (χ1) is 9.81. The van der Waals surface area contributed by atoms with Crippen molar-refractivity contribution in [1.29, 1.82) is 5.26 Å². The first-order valence-electron chi connectivity index (χ1n) is 5.69. The van der Waals surface area contributed by atoms with Gasteiger partial charge in [-0.2, -0.15) is 23.5 Å². The largest absolute Gasteiger partial charge is 0.481 e. The molecule has 0 amide bonds. The third kappa shape index (κ3) is 3.20. The van der Waals surface area contributed by atoms with Gasteiger partial charge in [-0.25, -0.2) is 4.68 Å². The first kappa shape index (κ1) is 14.6. The molecule has 0 saturated heterocycles. The average molecular weight is 295 g/mol. The van der Waals surface area contributed by atoms with Gasteiger partial charge in [-0.15, -0.1) is 0 Å². The molecule has 0 aliphatic heterocycles. The number of benzene rings is 1. The Morgan fingerprint density at radius 2 is 2.10 bits per heavy atom. The van der Waals surface area contributed by atoms with E-state index in [0.717, 1.165) is 16.8 Å². The van der Waals surface area contributed by atoms with E-state index in [4.69, 9.17) is 10.4 Å². The summed E-state index contributed by atoms with van der Waals surface area (Å²) >= 11 is 0. The topological polar surface area (TPSA) is 78.9 Å². The number of rotatable bonds is 3. The van der Waals surface area contributed by atoms with Crippen molar-refractivity contribution in [3.8, 4) is 11.8 Å². The molecule has 8 heteroatoms. The molecular weight excluding hydrogens is 287 g/mol. The fourth-order valence-electron chi connectivity index (χ4n) is 1.76. The molecule has 108 valence electrons. The van der Waals surface area contributed by atoms with Gasteiger partial charge in [0.25, 0.3) is 0 Å². The molecule has 5 nitrogen and oxygen atoms in total. The molecular formula is C13H8F3N3O2. The molecule has 21 heavy (non-hydrogen) atoms. The highest BCUT2D eigenvalue weighted by molar-refractivity contribution is 5.69. The number of hydrogen-bond acceptors (Lipinski definition) is 3. The van der Waals surface area contributed by atoms with Crippen molar-refractivity contribution in [2.24, 2.45) is 0 Å². The van der Waals surface area contributed by atoms with Crippen molar-refractivity contribution in [3.05, 3.63) is 47.3 Å². The van der Waals surface area contributed by atoms with Gasteiger partial charge in [0, 0.05) is 6.20 Å². The number of aromatic nitrogens is 2. The zero-order chi connectivity index (χ0) is 15.6. The lowest BCUT2D eigenvalue weighted by atomic mass is 10.1. The number of aliphatic carboxylic acids is 1. The van der Waals surface area contributed by atoms with Gasteiger partial charge in [-0.3, -0.25) is 4.79 Å². The minimum atomic E-state index is -4.65. The zero-order valence-electron chi connectivity index (χ0n) is 10.4. The Labute approximate surface area is 116 Å². The van der Waals surface area contributed by atoms with Crippen LogP contribution in [0.3, 0.4) is 0 Å². The number of carbonyl (C=O) groups is 1. The highest BCUT2D eigenvalue weighted by Gasteiger charge is 2.34. The Kier molecular flexibility index (Phi) is 3.67. The molecule has 1 heterocycles. The standard InChI is InChI=1S/C13H8F3N3O2/c14-13(15,16)11-6-10(2-1-8(11)7-17)19-4-3-9(18-19)5-12(20)21/h1-4,6H,5H2,(H,20,21). The lowest BCUT2D eigenvalue weighted by Crippen LogP contribution is -2.09. The average Bonchev–Trinajstić information content (AvgIpc) is 2.84. The van der Waals surface area contributed by atoms with Gasteiger partial charge in [0.1, 0.15) is 0 Å². The molecule has 0 atom stereocenters. The molecule has 2 rings (SSSR count). The molecule has 0 unspecified atom stereocenters. The van der Waals surface area contributed by atoms with E-state index in [1.54, 1.807) is 0 Å². The molecule has 0 aliphatic carbocycles. The van der Waals surface area contributed by atoms with Crippen LogP contribution in [0.4, 0.5) is 13.2 Å². The molecule has 1 aromatic heterocycles. The number of carboxylic acids is 1. The molecule has 1 N–H and O–H groups in total. The summed E-state index contributed by atoms with van der Waals surface area (Å²) in [7, 11) is 0. The maximum Gasteiger partial charge on any atom is 0.417 e. The number of alkyl halides is 3. The fraction of sp³-hybridized carbons (Fsp3) is 0.154. The second kappa shape index (κ2) is 5.28. The summed E-state index contributed by atoms with van der Waals surface area (Å²) in [6, 6.07) is 6.05. The molecule has 0 spiro atoms. The maximum atomic E-state index is 12.8. The third-order valence-electron chi connectivity index (χ3n) is 2.67. The van der Waals surface area contributed by atoms with E-state index in [0.29, 0.717) is 0 Å². The van der Waals surface area contributed by atoms with E-state index in [1.807, 2.05) is 0 Å². The smallest absolute Gasteiger partial charge is 0.417 e. The van der Waals surface area contributed by atoms with Crippen LogP contribution in [0.5, 0.6) is 0 Å². The normalized spacial score (nSPS) is 11.1. The molecule has 1 aromatic carbocycles. The van der Waals surface area contributed by atoms with Gasteiger partial charge in [0.15, 0.2) is 0 Å². The molecule has 0 saturated carbocycles. The monoisotopic (exact) mass is 295 g/mol. The molecule has 0 aliphatic rings. The quantitative estimate of drug-likeness (QED) is 0.943. The van der Waals surface area contributed by atoms with Crippen LogP contribution in [0.15, 0.2) is 30.5 Å².